The van der Waals surface area contributed by atoms with Crippen molar-refractivity contribution in [3.63, 3.8) is 0 Å². The summed E-state index contributed by atoms with van der Waals surface area (Å²) in [4.78, 5) is 22.2. The van der Waals surface area contributed by atoms with Crippen LogP contribution in [0.15, 0.2) is 42.5 Å². The van der Waals surface area contributed by atoms with Crippen LogP contribution in [0.3, 0.4) is 0 Å². The van der Waals surface area contributed by atoms with Gasteiger partial charge < -0.3 is 4.74 Å². The molecule has 0 bridgehead atoms. The van der Waals surface area contributed by atoms with Crippen molar-refractivity contribution in [1.82, 2.24) is 0 Å². The Hall–Kier alpha value is -2.11. The highest BCUT2D eigenvalue weighted by Gasteiger charge is 2.24. The van der Waals surface area contributed by atoms with E-state index in [0.717, 1.165) is 5.56 Å². The average Bonchev–Trinajstić information content (AvgIpc) is 2.45. The van der Waals surface area contributed by atoms with E-state index in [0.29, 0.717) is 5.02 Å². The van der Waals surface area contributed by atoms with Gasteiger partial charge in [0.05, 0.1) is 4.92 Å². The number of rotatable bonds is 4. The number of esters is 1. The first-order chi connectivity index (χ1) is 9.99. The smallest absolute Gasteiger partial charge is 0.345 e. The van der Waals surface area contributed by atoms with Crippen molar-refractivity contribution in [2.24, 2.45) is 0 Å². The van der Waals surface area contributed by atoms with Crippen LogP contribution >= 0.6 is 23.2 Å². The lowest BCUT2D eigenvalue weighted by Crippen LogP contribution is -2.08. The number of benzene rings is 2. The van der Waals surface area contributed by atoms with Gasteiger partial charge in [-0.3, -0.25) is 10.1 Å². The van der Waals surface area contributed by atoms with Gasteiger partial charge in [0.25, 0.3) is 0 Å². The molecular weight excluding hydrogens is 317 g/mol. The summed E-state index contributed by atoms with van der Waals surface area (Å²) in [6.07, 6.45) is 0. The zero-order valence-electron chi connectivity index (χ0n) is 10.6. The number of halogens is 2. The SMILES string of the molecule is O=C(OCc1ccc(Cl)cc1)c1cccc(Cl)c1[N+](=O)[O-]. The highest BCUT2D eigenvalue weighted by molar-refractivity contribution is 6.33. The summed E-state index contributed by atoms with van der Waals surface area (Å²) in [6, 6.07) is 10.8. The number of nitro benzene ring substituents is 1. The quantitative estimate of drug-likeness (QED) is 0.478. The molecular formula is C14H9Cl2NO4. The third-order valence-electron chi connectivity index (χ3n) is 2.67. The third-order valence-corrected chi connectivity index (χ3v) is 3.23. The van der Waals surface area contributed by atoms with E-state index in [9.17, 15) is 14.9 Å². The summed E-state index contributed by atoms with van der Waals surface area (Å²) >= 11 is 11.5. The summed E-state index contributed by atoms with van der Waals surface area (Å²) in [5.74, 6) is -0.806. The molecule has 0 atom stereocenters. The van der Waals surface area contributed by atoms with E-state index < -0.39 is 16.6 Å². The number of ether oxygens (including phenoxy) is 1. The van der Waals surface area contributed by atoms with Crippen LogP contribution in [0.2, 0.25) is 10.0 Å². The zero-order valence-corrected chi connectivity index (χ0v) is 12.1. The third kappa shape index (κ3) is 3.71. The van der Waals surface area contributed by atoms with Crippen LogP contribution in [0.5, 0.6) is 0 Å². The van der Waals surface area contributed by atoms with Gasteiger partial charge >= 0.3 is 11.7 Å². The fourth-order valence-electron chi connectivity index (χ4n) is 1.67. The predicted octanol–water partition coefficient (Wildman–Crippen LogP) is 4.26. The van der Waals surface area contributed by atoms with E-state index in [1.807, 2.05) is 0 Å². The monoisotopic (exact) mass is 325 g/mol. The maximum atomic E-state index is 12.0. The highest BCUT2D eigenvalue weighted by Crippen LogP contribution is 2.28. The first kappa shape index (κ1) is 15.3. The Bertz CT molecular complexity index is 686. The molecule has 2 aromatic carbocycles. The van der Waals surface area contributed by atoms with E-state index in [2.05, 4.69) is 0 Å². The van der Waals surface area contributed by atoms with Crippen LogP contribution < -0.4 is 0 Å². The van der Waals surface area contributed by atoms with Crippen molar-refractivity contribution < 1.29 is 14.5 Å². The topological polar surface area (TPSA) is 69.4 Å². The minimum Gasteiger partial charge on any atom is -0.457 e. The van der Waals surface area contributed by atoms with Gasteiger partial charge in [0, 0.05) is 5.02 Å². The number of para-hydroxylation sites is 1. The molecule has 0 N–H and O–H groups in total. The molecule has 0 saturated carbocycles. The summed E-state index contributed by atoms with van der Waals surface area (Å²) in [5, 5.41) is 11.4. The number of carbonyl (C=O) groups excluding carboxylic acids is 1. The first-order valence-corrected chi connectivity index (χ1v) is 6.59. The lowest BCUT2D eigenvalue weighted by Gasteiger charge is -2.06. The Balaban J connectivity index is 2.16. The maximum absolute atomic E-state index is 12.0. The van der Waals surface area contributed by atoms with Gasteiger partial charge in [0.15, 0.2) is 0 Å². The second kappa shape index (κ2) is 6.56. The Morgan fingerprint density at radius 3 is 2.43 bits per heavy atom. The molecule has 0 aliphatic rings. The van der Waals surface area contributed by atoms with Gasteiger partial charge in [-0.15, -0.1) is 0 Å². The Kier molecular flexibility index (Phi) is 4.77. The summed E-state index contributed by atoms with van der Waals surface area (Å²) in [5.41, 5.74) is 0.0826. The first-order valence-electron chi connectivity index (χ1n) is 5.83. The number of nitro groups is 1. The molecule has 0 fully saturated rings. The molecule has 0 unspecified atom stereocenters. The second-order valence-electron chi connectivity index (χ2n) is 4.10. The number of nitrogens with zero attached hydrogens (tertiary/aromatic N) is 1. The summed E-state index contributed by atoms with van der Waals surface area (Å²) < 4.78 is 5.05. The maximum Gasteiger partial charge on any atom is 0.345 e. The molecule has 0 aliphatic heterocycles. The van der Waals surface area contributed by atoms with Gasteiger partial charge in [0.1, 0.15) is 17.2 Å². The van der Waals surface area contributed by atoms with Crippen LogP contribution in [-0.2, 0) is 11.3 Å². The molecule has 0 heterocycles. The lowest BCUT2D eigenvalue weighted by atomic mass is 10.2. The fraction of sp³-hybridized carbons (Fsp3) is 0.0714. The normalized spacial score (nSPS) is 10.2. The van der Waals surface area contributed by atoms with E-state index in [-0.39, 0.29) is 17.2 Å². The standard InChI is InChI=1S/C14H9Cl2NO4/c15-10-6-4-9(5-7-10)8-21-14(18)11-2-1-3-12(16)13(11)17(19)20/h1-7H,8H2. The minimum absolute atomic E-state index is 0.0142. The Morgan fingerprint density at radius 2 is 1.81 bits per heavy atom. The molecule has 0 amide bonds. The van der Waals surface area contributed by atoms with Crippen LogP contribution in [0.25, 0.3) is 0 Å². The van der Waals surface area contributed by atoms with Crippen molar-refractivity contribution >= 4 is 34.9 Å². The minimum atomic E-state index is -0.806. The molecule has 0 aromatic heterocycles. The predicted molar refractivity (Wildman–Crippen MR) is 78.7 cm³/mol. The Morgan fingerprint density at radius 1 is 1.14 bits per heavy atom. The molecule has 21 heavy (non-hydrogen) atoms. The van der Waals surface area contributed by atoms with Crippen molar-refractivity contribution in [3.8, 4) is 0 Å². The molecule has 2 rings (SSSR count). The van der Waals surface area contributed by atoms with Gasteiger partial charge in [-0.1, -0.05) is 41.4 Å². The van der Waals surface area contributed by atoms with E-state index in [1.54, 1.807) is 24.3 Å². The van der Waals surface area contributed by atoms with Crippen molar-refractivity contribution in [3.05, 3.63) is 73.8 Å². The summed E-state index contributed by atoms with van der Waals surface area (Å²) in [7, 11) is 0. The lowest BCUT2D eigenvalue weighted by molar-refractivity contribution is -0.385. The molecule has 0 saturated heterocycles. The van der Waals surface area contributed by atoms with Crippen LogP contribution in [-0.4, -0.2) is 10.9 Å². The van der Waals surface area contributed by atoms with Crippen molar-refractivity contribution in [1.29, 1.82) is 0 Å². The largest absolute Gasteiger partial charge is 0.457 e. The van der Waals surface area contributed by atoms with E-state index in [1.165, 1.54) is 18.2 Å². The van der Waals surface area contributed by atoms with Crippen LogP contribution in [0, 0.1) is 10.1 Å². The second-order valence-corrected chi connectivity index (χ2v) is 4.94. The van der Waals surface area contributed by atoms with Crippen molar-refractivity contribution in [2.45, 2.75) is 6.61 Å². The van der Waals surface area contributed by atoms with Gasteiger partial charge in [-0.25, -0.2) is 4.79 Å². The van der Waals surface area contributed by atoms with Crippen LogP contribution in [0.4, 0.5) is 5.69 Å². The van der Waals surface area contributed by atoms with Gasteiger partial charge in [-0.2, -0.15) is 0 Å². The molecule has 7 heteroatoms. The van der Waals surface area contributed by atoms with Crippen molar-refractivity contribution in [2.75, 3.05) is 0 Å². The molecule has 0 radical (unpaired) electrons. The van der Waals surface area contributed by atoms with Crippen LogP contribution in [0.1, 0.15) is 15.9 Å². The number of hydrogen-bond donors (Lipinski definition) is 0. The molecule has 0 spiro atoms. The number of carbonyl (C=O) groups is 1. The van der Waals surface area contributed by atoms with Gasteiger partial charge in [0.2, 0.25) is 0 Å². The molecule has 5 nitrogen and oxygen atoms in total. The molecule has 108 valence electrons. The van der Waals surface area contributed by atoms with E-state index in [4.69, 9.17) is 27.9 Å². The highest BCUT2D eigenvalue weighted by atomic mass is 35.5. The molecule has 2 aromatic rings. The fourth-order valence-corrected chi connectivity index (χ4v) is 2.04. The van der Waals surface area contributed by atoms with E-state index >= 15 is 0 Å². The number of hydrogen-bond acceptors (Lipinski definition) is 4. The zero-order chi connectivity index (χ0) is 15.4. The average molecular weight is 326 g/mol. The summed E-state index contributed by atoms with van der Waals surface area (Å²) in [6.45, 7) is -0.0142. The Labute approximate surface area is 130 Å². The molecule has 0 aliphatic carbocycles. The van der Waals surface area contributed by atoms with Gasteiger partial charge in [-0.05, 0) is 29.8 Å².